The summed E-state index contributed by atoms with van der Waals surface area (Å²) in [5.41, 5.74) is 5.11. The van der Waals surface area contributed by atoms with Crippen LogP contribution in [0.2, 0.25) is 0 Å². The van der Waals surface area contributed by atoms with E-state index in [1.165, 1.54) is 16.5 Å². The van der Waals surface area contributed by atoms with Gasteiger partial charge >= 0.3 is 0 Å². The summed E-state index contributed by atoms with van der Waals surface area (Å²) in [6.45, 7) is 1.81. The van der Waals surface area contributed by atoms with Gasteiger partial charge in [0.15, 0.2) is 0 Å². The number of fused-ring (bicyclic) bond motifs is 1. The van der Waals surface area contributed by atoms with Crippen LogP contribution < -0.4 is 0 Å². The predicted octanol–water partition coefficient (Wildman–Crippen LogP) is 4.22. The molecule has 0 unspecified atom stereocenters. The van der Waals surface area contributed by atoms with E-state index in [9.17, 15) is 0 Å². The lowest BCUT2D eigenvalue weighted by Gasteiger charge is -2.02. The van der Waals surface area contributed by atoms with Crippen LogP contribution in [-0.2, 0) is 0 Å². The van der Waals surface area contributed by atoms with Gasteiger partial charge in [0.25, 0.3) is 0 Å². The predicted molar refractivity (Wildman–Crippen MR) is 76.2 cm³/mol. The third-order valence-electron chi connectivity index (χ3n) is 3.22. The monoisotopic (exact) mass is 234 g/mol. The maximum Gasteiger partial charge on any atom is 0.0460 e. The Hall–Kier alpha value is -2.35. The Morgan fingerprint density at radius 1 is 1.00 bits per heavy atom. The first-order chi connectivity index (χ1) is 8.75. The van der Waals surface area contributed by atoms with E-state index >= 15 is 0 Å². The van der Waals surface area contributed by atoms with Gasteiger partial charge in [-0.05, 0) is 24.1 Å². The maximum absolute atomic E-state index is 7.61. The summed E-state index contributed by atoms with van der Waals surface area (Å²) in [5.74, 6) is 0. The normalized spacial score (nSPS) is 10.7. The van der Waals surface area contributed by atoms with Gasteiger partial charge in [-0.25, -0.2) is 0 Å². The molecule has 0 spiro atoms. The van der Waals surface area contributed by atoms with E-state index in [1.54, 1.807) is 6.92 Å². The number of nitrogens with one attached hydrogen (secondary N) is 2. The van der Waals surface area contributed by atoms with Gasteiger partial charge < -0.3 is 10.4 Å². The summed E-state index contributed by atoms with van der Waals surface area (Å²) >= 11 is 0. The van der Waals surface area contributed by atoms with Crippen molar-refractivity contribution in [3.05, 3.63) is 60.3 Å². The summed E-state index contributed by atoms with van der Waals surface area (Å²) in [6.07, 6.45) is 2.04. The molecule has 2 aromatic carbocycles. The Labute approximate surface area is 106 Å². The van der Waals surface area contributed by atoms with Crippen LogP contribution in [0.4, 0.5) is 0 Å². The molecule has 0 radical (unpaired) electrons. The highest BCUT2D eigenvalue weighted by Crippen LogP contribution is 2.28. The molecule has 2 heteroatoms. The zero-order valence-corrected chi connectivity index (χ0v) is 10.2. The number of hydrogen-bond acceptors (Lipinski definition) is 1. The number of para-hydroxylation sites is 1. The van der Waals surface area contributed by atoms with Crippen molar-refractivity contribution in [1.82, 2.24) is 4.98 Å². The zero-order valence-electron chi connectivity index (χ0n) is 10.2. The molecule has 2 nitrogen and oxygen atoms in total. The summed E-state index contributed by atoms with van der Waals surface area (Å²) in [7, 11) is 0. The molecule has 0 saturated carbocycles. The molecule has 0 aliphatic carbocycles. The molecular weight excluding hydrogens is 220 g/mol. The minimum absolute atomic E-state index is 0.598. The van der Waals surface area contributed by atoms with Crippen LogP contribution in [0.1, 0.15) is 12.5 Å². The van der Waals surface area contributed by atoms with Crippen LogP contribution >= 0.6 is 0 Å². The molecule has 3 aromatic rings. The summed E-state index contributed by atoms with van der Waals surface area (Å²) < 4.78 is 0. The first kappa shape index (κ1) is 10.8. The standard InChI is InChI=1S/C16H14N2/c1-11(17)12-6-8-13(9-7-12)15-10-18-16-5-3-2-4-14(15)16/h2-10,17-18H,1H3. The second kappa shape index (κ2) is 4.15. The van der Waals surface area contributed by atoms with Gasteiger partial charge in [0.1, 0.15) is 0 Å². The van der Waals surface area contributed by atoms with Crippen molar-refractivity contribution in [3.63, 3.8) is 0 Å². The average molecular weight is 234 g/mol. The second-order valence-corrected chi connectivity index (χ2v) is 4.45. The van der Waals surface area contributed by atoms with Crippen LogP contribution in [-0.4, -0.2) is 10.7 Å². The van der Waals surface area contributed by atoms with Gasteiger partial charge in [-0.3, -0.25) is 0 Å². The third-order valence-corrected chi connectivity index (χ3v) is 3.22. The molecule has 3 rings (SSSR count). The largest absolute Gasteiger partial charge is 0.361 e. The second-order valence-electron chi connectivity index (χ2n) is 4.45. The Balaban J connectivity index is 2.12. The molecule has 0 fully saturated rings. The van der Waals surface area contributed by atoms with E-state index < -0.39 is 0 Å². The lowest BCUT2D eigenvalue weighted by Crippen LogP contribution is -1.90. The average Bonchev–Trinajstić information content (AvgIpc) is 2.82. The molecule has 0 aliphatic heterocycles. The SMILES string of the molecule is CC(=N)c1ccc(-c2c[nH]c3ccccc23)cc1. The maximum atomic E-state index is 7.61. The van der Waals surface area contributed by atoms with Gasteiger partial charge in [-0.1, -0.05) is 42.5 Å². The minimum atomic E-state index is 0.598. The molecule has 0 aliphatic rings. The molecule has 1 aromatic heterocycles. The van der Waals surface area contributed by atoms with E-state index in [4.69, 9.17) is 5.41 Å². The molecule has 0 saturated heterocycles. The fourth-order valence-corrected chi connectivity index (χ4v) is 2.21. The first-order valence-corrected chi connectivity index (χ1v) is 5.98. The highest BCUT2D eigenvalue weighted by molar-refractivity contribution is 5.98. The van der Waals surface area contributed by atoms with Gasteiger partial charge in [-0.2, -0.15) is 0 Å². The van der Waals surface area contributed by atoms with Crippen LogP contribution in [0.5, 0.6) is 0 Å². The van der Waals surface area contributed by atoms with E-state index in [-0.39, 0.29) is 0 Å². The lowest BCUT2D eigenvalue weighted by atomic mass is 10.0. The molecule has 0 bridgehead atoms. The molecule has 0 atom stereocenters. The van der Waals surface area contributed by atoms with Crippen molar-refractivity contribution in [1.29, 1.82) is 5.41 Å². The first-order valence-electron chi connectivity index (χ1n) is 5.98. The number of hydrogen-bond donors (Lipinski definition) is 2. The van der Waals surface area contributed by atoms with Crippen LogP contribution in [0.25, 0.3) is 22.0 Å². The van der Waals surface area contributed by atoms with E-state index in [2.05, 4.69) is 35.3 Å². The van der Waals surface area contributed by atoms with Gasteiger partial charge in [0, 0.05) is 28.4 Å². The fraction of sp³-hybridized carbons (Fsp3) is 0.0625. The number of aromatic amines is 1. The number of H-pyrrole nitrogens is 1. The Morgan fingerprint density at radius 3 is 2.44 bits per heavy atom. The Kier molecular flexibility index (Phi) is 2.49. The summed E-state index contributed by atoms with van der Waals surface area (Å²) in [6, 6.07) is 16.4. The van der Waals surface area contributed by atoms with Gasteiger partial charge in [0.2, 0.25) is 0 Å². The van der Waals surface area contributed by atoms with Crippen molar-refractivity contribution >= 4 is 16.6 Å². The molecular formula is C16H14N2. The third kappa shape index (κ3) is 1.72. The number of aromatic nitrogens is 1. The molecule has 18 heavy (non-hydrogen) atoms. The minimum Gasteiger partial charge on any atom is -0.361 e. The van der Waals surface area contributed by atoms with Crippen LogP contribution in [0, 0.1) is 5.41 Å². The summed E-state index contributed by atoms with van der Waals surface area (Å²) in [4.78, 5) is 3.28. The molecule has 88 valence electrons. The number of benzene rings is 2. The fourth-order valence-electron chi connectivity index (χ4n) is 2.21. The smallest absolute Gasteiger partial charge is 0.0460 e. The quantitative estimate of drug-likeness (QED) is 0.623. The Bertz CT molecular complexity index is 705. The van der Waals surface area contributed by atoms with Crippen molar-refractivity contribution < 1.29 is 0 Å². The molecule has 0 amide bonds. The van der Waals surface area contributed by atoms with Crippen molar-refractivity contribution in [2.75, 3.05) is 0 Å². The van der Waals surface area contributed by atoms with Gasteiger partial charge in [-0.15, -0.1) is 0 Å². The van der Waals surface area contributed by atoms with Crippen molar-refractivity contribution in [2.45, 2.75) is 6.92 Å². The molecule has 1 heterocycles. The van der Waals surface area contributed by atoms with Crippen molar-refractivity contribution in [3.8, 4) is 11.1 Å². The van der Waals surface area contributed by atoms with Crippen LogP contribution in [0.15, 0.2) is 54.7 Å². The zero-order chi connectivity index (χ0) is 12.5. The molecule has 2 N–H and O–H groups in total. The van der Waals surface area contributed by atoms with E-state index in [1.807, 2.05) is 24.4 Å². The van der Waals surface area contributed by atoms with E-state index in [0.29, 0.717) is 5.71 Å². The van der Waals surface area contributed by atoms with Crippen molar-refractivity contribution in [2.24, 2.45) is 0 Å². The topological polar surface area (TPSA) is 39.6 Å². The number of rotatable bonds is 2. The van der Waals surface area contributed by atoms with Gasteiger partial charge in [0.05, 0.1) is 0 Å². The van der Waals surface area contributed by atoms with Crippen LogP contribution in [0.3, 0.4) is 0 Å². The summed E-state index contributed by atoms with van der Waals surface area (Å²) in [5, 5.41) is 8.84. The lowest BCUT2D eigenvalue weighted by molar-refractivity contribution is 1.45. The highest BCUT2D eigenvalue weighted by Gasteiger charge is 2.05. The Morgan fingerprint density at radius 2 is 1.72 bits per heavy atom. The highest BCUT2D eigenvalue weighted by atomic mass is 14.7. The van der Waals surface area contributed by atoms with E-state index in [0.717, 1.165) is 11.1 Å².